The largest absolute Gasteiger partial charge is 0.453 e. The third-order valence-corrected chi connectivity index (χ3v) is 4.61. The van der Waals surface area contributed by atoms with E-state index in [-0.39, 0.29) is 25.3 Å². The molecule has 150 valence electrons. The first-order valence-corrected chi connectivity index (χ1v) is 8.31. The van der Waals surface area contributed by atoms with Crippen LogP contribution >= 0.6 is 0 Å². The van der Waals surface area contributed by atoms with Crippen LogP contribution in [-0.2, 0) is 6.18 Å². The Morgan fingerprint density at radius 2 is 1.59 bits per heavy atom. The van der Waals surface area contributed by atoms with Crippen molar-refractivity contribution in [2.24, 2.45) is 0 Å². The number of alkyl halides is 6. The Kier molecular flexibility index (Phi) is 4.95. The van der Waals surface area contributed by atoms with Crippen LogP contribution in [0.3, 0.4) is 0 Å². The first-order valence-electron chi connectivity index (χ1n) is 8.31. The van der Waals surface area contributed by atoms with Gasteiger partial charge >= 0.3 is 12.4 Å². The molecule has 3 heterocycles. The van der Waals surface area contributed by atoms with Gasteiger partial charge in [0.15, 0.2) is 11.5 Å². The predicted octanol–water partition coefficient (Wildman–Crippen LogP) is 2.83. The van der Waals surface area contributed by atoms with Gasteiger partial charge in [-0.25, -0.2) is 0 Å². The van der Waals surface area contributed by atoms with Crippen LogP contribution in [0.15, 0.2) is 0 Å². The molecule has 1 saturated heterocycles. The monoisotopic (exact) mass is 396 g/mol. The predicted molar refractivity (Wildman–Crippen MR) is 84.6 cm³/mol. The second-order valence-corrected chi connectivity index (χ2v) is 6.56. The Morgan fingerprint density at radius 3 is 2.22 bits per heavy atom. The van der Waals surface area contributed by atoms with Crippen LogP contribution in [0.4, 0.5) is 32.2 Å². The minimum absolute atomic E-state index is 0.0112. The summed E-state index contributed by atoms with van der Waals surface area (Å²) in [6.45, 7) is 3.36. The van der Waals surface area contributed by atoms with Gasteiger partial charge in [0, 0.05) is 37.3 Å². The van der Waals surface area contributed by atoms with E-state index in [0.717, 1.165) is 0 Å². The van der Waals surface area contributed by atoms with Crippen molar-refractivity contribution in [3.63, 3.8) is 0 Å². The molecule has 2 aromatic heterocycles. The van der Waals surface area contributed by atoms with E-state index in [1.807, 2.05) is 0 Å². The number of aromatic nitrogens is 4. The van der Waals surface area contributed by atoms with Crippen molar-refractivity contribution in [1.29, 1.82) is 0 Å². The molecule has 27 heavy (non-hydrogen) atoms. The molecule has 0 aliphatic carbocycles. The second-order valence-electron chi connectivity index (χ2n) is 6.56. The minimum Gasteiger partial charge on any atom is -0.354 e. The van der Waals surface area contributed by atoms with Gasteiger partial charge in [0.1, 0.15) is 0 Å². The van der Waals surface area contributed by atoms with E-state index in [4.69, 9.17) is 0 Å². The zero-order valence-electron chi connectivity index (χ0n) is 14.7. The Balaban J connectivity index is 1.93. The third-order valence-electron chi connectivity index (χ3n) is 4.61. The number of anilines is 1. The van der Waals surface area contributed by atoms with E-state index in [9.17, 15) is 26.3 Å². The van der Waals surface area contributed by atoms with Gasteiger partial charge in [0.25, 0.3) is 5.82 Å². The van der Waals surface area contributed by atoms with Gasteiger partial charge in [-0.15, -0.1) is 15.3 Å². The molecule has 1 aliphatic rings. The molecule has 0 unspecified atom stereocenters. The average Bonchev–Trinajstić information content (AvgIpc) is 2.85. The lowest BCUT2D eigenvalue weighted by Gasteiger charge is -2.25. The molecule has 1 aliphatic heterocycles. The fourth-order valence-electron chi connectivity index (χ4n) is 3.19. The molecule has 0 atom stereocenters. The van der Waals surface area contributed by atoms with Crippen LogP contribution < -0.4 is 4.90 Å². The highest BCUT2D eigenvalue weighted by molar-refractivity contribution is 5.59. The summed E-state index contributed by atoms with van der Waals surface area (Å²) in [5.41, 5.74) is 1.14. The van der Waals surface area contributed by atoms with Crippen molar-refractivity contribution in [1.82, 2.24) is 24.7 Å². The van der Waals surface area contributed by atoms with Crippen LogP contribution in [0.1, 0.15) is 23.4 Å². The van der Waals surface area contributed by atoms with Crippen molar-refractivity contribution in [2.45, 2.75) is 32.6 Å². The summed E-state index contributed by atoms with van der Waals surface area (Å²) in [5, 5.41) is 10.9. The minimum atomic E-state index is -4.71. The first kappa shape index (κ1) is 19.6. The molecule has 12 heteroatoms. The van der Waals surface area contributed by atoms with E-state index in [2.05, 4.69) is 15.3 Å². The summed E-state index contributed by atoms with van der Waals surface area (Å²) in [6, 6.07) is 0. The average molecular weight is 396 g/mol. The molecule has 0 bridgehead atoms. The lowest BCUT2D eigenvalue weighted by atomic mass is 10.1. The van der Waals surface area contributed by atoms with Crippen molar-refractivity contribution >= 4 is 11.5 Å². The number of nitrogens with zero attached hydrogens (tertiary/aromatic N) is 6. The molecule has 6 nitrogen and oxygen atoms in total. The quantitative estimate of drug-likeness (QED) is 0.731. The number of aryl methyl sites for hydroxylation is 1. The van der Waals surface area contributed by atoms with Crippen molar-refractivity contribution in [3.8, 4) is 0 Å². The summed E-state index contributed by atoms with van der Waals surface area (Å²) in [4.78, 5) is 3.01. The Hall–Kier alpha value is -2.11. The zero-order chi connectivity index (χ0) is 20.0. The molecule has 3 rings (SSSR count). The van der Waals surface area contributed by atoms with Gasteiger partial charge in [0.05, 0.1) is 6.54 Å². The van der Waals surface area contributed by atoms with E-state index >= 15 is 0 Å². The maximum atomic E-state index is 13.1. The van der Waals surface area contributed by atoms with Gasteiger partial charge < -0.3 is 4.90 Å². The molecular weight excluding hydrogens is 378 g/mol. The maximum absolute atomic E-state index is 13.1. The molecule has 0 spiro atoms. The topological polar surface area (TPSA) is 49.6 Å². The smallest absolute Gasteiger partial charge is 0.354 e. The number of halogens is 6. The van der Waals surface area contributed by atoms with Crippen molar-refractivity contribution in [2.75, 3.05) is 37.6 Å². The standard InChI is InChI=1S/C15H18F6N6/c1-9-10(2)12(24-27-11(9)22-23-13(27)15(19,20)21)26-5-3-4-25(6-7-26)8-14(16,17)18/h3-8H2,1-2H3. The van der Waals surface area contributed by atoms with Crippen LogP contribution in [0.5, 0.6) is 0 Å². The lowest BCUT2D eigenvalue weighted by Crippen LogP contribution is -2.37. The molecule has 0 amide bonds. The fraction of sp³-hybridized carbons (Fsp3) is 0.667. The highest BCUT2D eigenvalue weighted by Gasteiger charge is 2.38. The molecule has 0 radical (unpaired) electrons. The lowest BCUT2D eigenvalue weighted by molar-refractivity contribution is -0.146. The Labute approximate surface area is 150 Å². The van der Waals surface area contributed by atoms with Crippen LogP contribution in [0, 0.1) is 13.8 Å². The molecule has 0 aromatic carbocycles. The summed E-state index contributed by atoms with van der Waals surface area (Å²) in [6.07, 6.45) is -8.56. The first-order chi connectivity index (χ1) is 12.5. The Morgan fingerprint density at radius 1 is 0.889 bits per heavy atom. The summed E-state index contributed by atoms with van der Waals surface area (Å²) < 4.78 is 77.9. The van der Waals surface area contributed by atoms with E-state index in [1.54, 1.807) is 18.7 Å². The zero-order valence-corrected chi connectivity index (χ0v) is 14.7. The highest BCUT2D eigenvalue weighted by Crippen LogP contribution is 2.31. The van der Waals surface area contributed by atoms with Crippen molar-refractivity contribution < 1.29 is 26.3 Å². The molecular formula is C15H18F6N6. The summed E-state index contributed by atoms with van der Waals surface area (Å²) in [7, 11) is 0. The van der Waals surface area contributed by atoms with Gasteiger partial charge in [0.2, 0.25) is 0 Å². The van der Waals surface area contributed by atoms with E-state index in [1.165, 1.54) is 4.90 Å². The SMILES string of the molecule is Cc1c(N2CCCN(CC(F)(F)F)CC2)nn2c(C(F)(F)F)nnc2c1C. The van der Waals surface area contributed by atoms with E-state index in [0.29, 0.717) is 34.4 Å². The molecule has 1 fully saturated rings. The van der Waals surface area contributed by atoms with Crippen LogP contribution in [-0.4, -0.2) is 63.6 Å². The fourth-order valence-corrected chi connectivity index (χ4v) is 3.19. The normalized spacial score (nSPS) is 17.6. The third kappa shape index (κ3) is 4.09. The van der Waals surface area contributed by atoms with Gasteiger partial charge in [-0.2, -0.15) is 30.9 Å². The van der Waals surface area contributed by atoms with Gasteiger partial charge in [-0.05, 0) is 20.3 Å². The molecule has 0 N–H and O–H groups in total. The number of hydrogen-bond acceptors (Lipinski definition) is 5. The molecule has 2 aromatic rings. The molecule has 0 saturated carbocycles. The van der Waals surface area contributed by atoms with Crippen LogP contribution in [0.2, 0.25) is 0 Å². The van der Waals surface area contributed by atoms with Crippen molar-refractivity contribution in [3.05, 3.63) is 17.0 Å². The highest BCUT2D eigenvalue weighted by atomic mass is 19.4. The Bertz CT molecular complexity index is 827. The summed E-state index contributed by atoms with van der Waals surface area (Å²) >= 11 is 0. The number of rotatable bonds is 2. The van der Waals surface area contributed by atoms with Gasteiger partial charge in [-0.1, -0.05) is 0 Å². The van der Waals surface area contributed by atoms with E-state index < -0.39 is 24.7 Å². The summed E-state index contributed by atoms with van der Waals surface area (Å²) in [5.74, 6) is -0.922. The number of fused-ring (bicyclic) bond motifs is 1. The second kappa shape index (κ2) is 6.80. The van der Waals surface area contributed by atoms with Gasteiger partial charge in [-0.3, -0.25) is 4.90 Å². The van der Waals surface area contributed by atoms with Crippen LogP contribution in [0.25, 0.3) is 5.65 Å². The number of hydrogen-bond donors (Lipinski definition) is 0. The maximum Gasteiger partial charge on any atom is 0.453 e.